The molecule has 0 radical (unpaired) electrons. The molecule has 0 saturated heterocycles. The van der Waals surface area contributed by atoms with E-state index in [0.717, 1.165) is 49.6 Å². The molecule has 0 bridgehead atoms. The molecule has 0 saturated carbocycles. The maximum Gasteiger partial charge on any atom is 0.0784 e. The molecule has 0 spiro atoms. The Hall–Kier alpha value is -1.36. The van der Waals surface area contributed by atoms with E-state index >= 15 is 0 Å². The number of fused-ring (bicyclic) bond motifs is 3. The predicted octanol–water partition coefficient (Wildman–Crippen LogP) is 4.34. The van der Waals surface area contributed by atoms with Crippen molar-refractivity contribution in [3.8, 4) is 0 Å². The summed E-state index contributed by atoms with van der Waals surface area (Å²) in [6.45, 7) is 5.08. The van der Waals surface area contributed by atoms with Crippen molar-refractivity contribution >= 4 is 33.2 Å². The van der Waals surface area contributed by atoms with E-state index in [1.54, 1.807) is 11.3 Å². The van der Waals surface area contributed by atoms with Crippen LogP contribution in [-0.2, 0) is 25.9 Å². The molecule has 3 aromatic heterocycles. The molecule has 3 nitrogen and oxygen atoms in total. The third-order valence-corrected chi connectivity index (χ3v) is 6.05. The number of aryl methyl sites for hydroxylation is 3. The molecule has 0 unspecified atom stereocenters. The molecule has 120 valence electrons. The number of pyridine rings is 1. The number of thiophene rings is 1. The first-order valence-corrected chi connectivity index (χ1v) is 9.39. The van der Waals surface area contributed by atoms with Crippen LogP contribution in [0.1, 0.15) is 28.9 Å². The second-order valence-electron chi connectivity index (χ2n) is 6.18. The maximum atomic E-state index is 6.47. The summed E-state index contributed by atoms with van der Waals surface area (Å²) in [6.07, 6.45) is 5.26. The van der Waals surface area contributed by atoms with Crippen LogP contribution in [0.15, 0.2) is 23.7 Å². The minimum Gasteiger partial charge on any atom is -0.342 e. The number of halogens is 1. The van der Waals surface area contributed by atoms with Crippen molar-refractivity contribution in [3.63, 3.8) is 0 Å². The zero-order chi connectivity index (χ0) is 15.8. The lowest BCUT2D eigenvalue weighted by Crippen LogP contribution is -2.24. The summed E-state index contributed by atoms with van der Waals surface area (Å²) >= 11 is 8.25. The van der Waals surface area contributed by atoms with Gasteiger partial charge >= 0.3 is 0 Å². The van der Waals surface area contributed by atoms with Crippen molar-refractivity contribution in [1.29, 1.82) is 0 Å². The Morgan fingerprint density at radius 1 is 1.39 bits per heavy atom. The van der Waals surface area contributed by atoms with Gasteiger partial charge in [-0.3, -0.25) is 4.98 Å². The largest absolute Gasteiger partial charge is 0.342 e. The SMILES string of the molecule is Cc1ccc(CCCn2c3c(c4scc(Cl)c42)CNCC3)cn1. The van der Waals surface area contributed by atoms with Crippen LogP contribution >= 0.6 is 22.9 Å². The average Bonchev–Trinajstić information content (AvgIpc) is 3.09. The predicted molar refractivity (Wildman–Crippen MR) is 97.5 cm³/mol. The number of aromatic nitrogens is 2. The first kappa shape index (κ1) is 15.2. The van der Waals surface area contributed by atoms with Gasteiger partial charge in [0.25, 0.3) is 0 Å². The van der Waals surface area contributed by atoms with Gasteiger partial charge in [0.05, 0.1) is 15.2 Å². The van der Waals surface area contributed by atoms with Gasteiger partial charge in [0.1, 0.15) is 0 Å². The van der Waals surface area contributed by atoms with E-state index in [9.17, 15) is 0 Å². The van der Waals surface area contributed by atoms with E-state index in [0.29, 0.717) is 0 Å². The quantitative estimate of drug-likeness (QED) is 0.762. The van der Waals surface area contributed by atoms with E-state index in [-0.39, 0.29) is 0 Å². The highest BCUT2D eigenvalue weighted by Gasteiger charge is 2.22. The van der Waals surface area contributed by atoms with Crippen LogP contribution in [0.3, 0.4) is 0 Å². The molecule has 1 aliphatic heterocycles. The summed E-state index contributed by atoms with van der Waals surface area (Å²) < 4.78 is 3.83. The lowest BCUT2D eigenvalue weighted by Gasteiger charge is -2.17. The normalized spacial score (nSPS) is 14.3. The third kappa shape index (κ3) is 2.80. The lowest BCUT2D eigenvalue weighted by molar-refractivity contribution is 0.579. The Morgan fingerprint density at radius 3 is 3.13 bits per heavy atom. The number of rotatable bonds is 4. The Bertz CT molecular complexity index is 832. The van der Waals surface area contributed by atoms with Crippen molar-refractivity contribution in [3.05, 3.63) is 51.2 Å². The zero-order valence-electron chi connectivity index (χ0n) is 13.2. The number of nitrogens with zero attached hydrogens (tertiary/aromatic N) is 2. The van der Waals surface area contributed by atoms with Crippen LogP contribution < -0.4 is 5.32 Å². The van der Waals surface area contributed by atoms with Crippen molar-refractivity contribution in [2.75, 3.05) is 6.54 Å². The van der Waals surface area contributed by atoms with Crippen molar-refractivity contribution in [2.45, 2.75) is 39.3 Å². The van der Waals surface area contributed by atoms with Gasteiger partial charge in [0.15, 0.2) is 0 Å². The summed E-state index contributed by atoms with van der Waals surface area (Å²) in [5.41, 5.74) is 6.57. The Balaban J connectivity index is 1.58. The first-order chi connectivity index (χ1) is 11.2. The molecule has 23 heavy (non-hydrogen) atoms. The molecule has 5 heteroatoms. The molecule has 1 N–H and O–H groups in total. The van der Waals surface area contributed by atoms with E-state index in [2.05, 4.69) is 32.4 Å². The van der Waals surface area contributed by atoms with Crippen LogP contribution in [0.4, 0.5) is 0 Å². The number of nitrogens with one attached hydrogen (secondary N) is 1. The minimum atomic E-state index is 0.899. The monoisotopic (exact) mass is 345 g/mol. The number of hydrogen-bond donors (Lipinski definition) is 1. The topological polar surface area (TPSA) is 29.9 Å². The fourth-order valence-corrected chi connectivity index (χ4v) is 4.83. The fourth-order valence-electron chi connectivity index (χ4n) is 3.45. The Labute approximate surface area is 145 Å². The molecule has 1 aliphatic rings. The van der Waals surface area contributed by atoms with Crippen LogP contribution in [-0.4, -0.2) is 16.1 Å². The van der Waals surface area contributed by atoms with Gasteiger partial charge in [-0.05, 0) is 31.4 Å². The van der Waals surface area contributed by atoms with Crippen molar-refractivity contribution in [2.24, 2.45) is 0 Å². The maximum absolute atomic E-state index is 6.47. The molecular weight excluding hydrogens is 326 g/mol. The molecular formula is C18H20ClN3S. The highest BCUT2D eigenvalue weighted by molar-refractivity contribution is 7.18. The summed E-state index contributed by atoms with van der Waals surface area (Å²) in [5, 5.41) is 6.46. The van der Waals surface area contributed by atoms with Crippen molar-refractivity contribution < 1.29 is 0 Å². The van der Waals surface area contributed by atoms with Gasteiger partial charge in [-0.25, -0.2) is 0 Å². The second-order valence-corrected chi connectivity index (χ2v) is 7.46. The second kappa shape index (κ2) is 6.27. The summed E-state index contributed by atoms with van der Waals surface area (Å²) in [6, 6.07) is 4.27. The zero-order valence-corrected chi connectivity index (χ0v) is 14.8. The molecule has 0 aliphatic carbocycles. The molecule has 4 rings (SSSR count). The van der Waals surface area contributed by atoms with E-state index in [4.69, 9.17) is 11.6 Å². The van der Waals surface area contributed by atoms with Gasteiger partial charge in [-0.2, -0.15) is 0 Å². The first-order valence-electron chi connectivity index (χ1n) is 8.13. The molecule has 3 aromatic rings. The summed E-state index contributed by atoms with van der Waals surface area (Å²) in [7, 11) is 0. The van der Waals surface area contributed by atoms with Crippen molar-refractivity contribution in [1.82, 2.24) is 14.9 Å². The Morgan fingerprint density at radius 2 is 2.30 bits per heavy atom. The van der Waals surface area contributed by atoms with Crippen LogP contribution in [0.25, 0.3) is 10.2 Å². The molecule has 4 heterocycles. The minimum absolute atomic E-state index is 0.899. The van der Waals surface area contributed by atoms with Gasteiger partial charge < -0.3 is 9.88 Å². The molecule has 0 amide bonds. The van der Waals surface area contributed by atoms with E-state index in [1.807, 2.05) is 13.1 Å². The smallest absolute Gasteiger partial charge is 0.0784 e. The summed E-state index contributed by atoms with van der Waals surface area (Å²) in [5.74, 6) is 0. The highest BCUT2D eigenvalue weighted by Crippen LogP contribution is 2.38. The lowest BCUT2D eigenvalue weighted by atomic mass is 10.1. The molecule has 0 aromatic carbocycles. The van der Waals surface area contributed by atoms with Crippen LogP contribution in [0, 0.1) is 6.92 Å². The number of hydrogen-bond acceptors (Lipinski definition) is 3. The van der Waals surface area contributed by atoms with E-state index in [1.165, 1.54) is 27.0 Å². The van der Waals surface area contributed by atoms with Gasteiger partial charge in [0.2, 0.25) is 0 Å². The molecule has 0 fully saturated rings. The van der Waals surface area contributed by atoms with Gasteiger partial charge in [-0.1, -0.05) is 17.7 Å². The van der Waals surface area contributed by atoms with Crippen LogP contribution in [0.5, 0.6) is 0 Å². The Kier molecular flexibility index (Phi) is 4.14. The van der Waals surface area contributed by atoms with E-state index < -0.39 is 0 Å². The average molecular weight is 346 g/mol. The van der Waals surface area contributed by atoms with Crippen LogP contribution in [0.2, 0.25) is 5.02 Å². The summed E-state index contributed by atoms with van der Waals surface area (Å²) in [4.78, 5) is 4.39. The third-order valence-electron chi connectivity index (χ3n) is 4.60. The van der Waals surface area contributed by atoms with Gasteiger partial charge in [0, 0.05) is 54.6 Å². The standard InChI is InChI=1S/C18H20ClN3S/c1-12-4-5-13(9-21-12)3-2-8-22-16-6-7-20-10-14(16)18-17(22)15(19)11-23-18/h4-5,9,11,20H,2-3,6-8,10H2,1H3. The fraction of sp³-hybridized carbons (Fsp3) is 0.389. The molecule has 0 atom stereocenters. The van der Waals surface area contributed by atoms with Gasteiger partial charge in [-0.15, -0.1) is 11.3 Å². The highest BCUT2D eigenvalue weighted by atomic mass is 35.5.